The molecule has 0 saturated carbocycles. The van der Waals surface area contributed by atoms with E-state index in [1.54, 1.807) is 11.8 Å². The van der Waals surface area contributed by atoms with Crippen molar-refractivity contribution in [3.63, 3.8) is 0 Å². The maximum Gasteiger partial charge on any atom is 0.0545 e. The third-order valence-corrected chi connectivity index (χ3v) is 3.35. The summed E-state index contributed by atoms with van der Waals surface area (Å²) in [5.74, 6) is 0. The van der Waals surface area contributed by atoms with Crippen LogP contribution in [-0.4, -0.2) is 5.25 Å². The summed E-state index contributed by atoms with van der Waals surface area (Å²) in [6, 6.07) is 6.09. The second-order valence-electron chi connectivity index (χ2n) is 3.65. The molecular formula is C11H16ClNS. The van der Waals surface area contributed by atoms with Gasteiger partial charge >= 0.3 is 0 Å². The molecule has 1 rings (SSSR count). The van der Waals surface area contributed by atoms with E-state index < -0.39 is 0 Å². The van der Waals surface area contributed by atoms with Gasteiger partial charge in [-0.2, -0.15) is 0 Å². The van der Waals surface area contributed by atoms with Crippen LogP contribution in [0.4, 0.5) is 0 Å². The van der Waals surface area contributed by atoms with E-state index in [0.717, 1.165) is 15.5 Å². The van der Waals surface area contributed by atoms with Crippen LogP contribution in [0.3, 0.4) is 0 Å². The predicted molar refractivity (Wildman–Crippen MR) is 65.0 cm³/mol. The van der Waals surface area contributed by atoms with Crippen LogP contribution in [0.5, 0.6) is 0 Å². The Balaban J connectivity index is 2.90. The molecule has 1 unspecified atom stereocenters. The summed E-state index contributed by atoms with van der Waals surface area (Å²) >= 11 is 7.91. The number of nitrogens with two attached hydrogens (primary N) is 1. The fourth-order valence-electron chi connectivity index (χ4n) is 1.15. The fourth-order valence-corrected chi connectivity index (χ4v) is 2.30. The minimum Gasteiger partial charge on any atom is -0.324 e. The third kappa shape index (κ3) is 3.19. The Labute approximate surface area is 95.0 Å². The monoisotopic (exact) mass is 229 g/mol. The largest absolute Gasteiger partial charge is 0.324 e. The highest BCUT2D eigenvalue weighted by Crippen LogP contribution is 2.31. The molecule has 0 saturated heterocycles. The van der Waals surface area contributed by atoms with Crippen molar-refractivity contribution in [2.75, 3.05) is 0 Å². The summed E-state index contributed by atoms with van der Waals surface area (Å²) < 4.78 is 0. The van der Waals surface area contributed by atoms with Gasteiger partial charge in [-0.25, -0.2) is 0 Å². The molecule has 0 bridgehead atoms. The molecule has 0 heterocycles. The van der Waals surface area contributed by atoms with E-state index in [-0.39, 0.29) is 6.04 Å². The standard InChI is InChI=1S/C11H16ClNS/c1-7(2)14-11-5-4-9(8(3)13)6-10(11)12/h4-8H,13H2,1-3H3. The molecule has 0 spiro atoms. The van der Waals surface area contributed by atoms with E-state index in [4.69, 9.17) is 17.3 Å². The Morgan fingerprint density at radius 3 is 2.36 bits per heavy atom. The molecule has 1 nitrogen and oxygen atoms in total. The first-order valence-corrected chi connectivity index (χ1v) is 5.98. The highest BCUT2D eigenvalue weighted by atomic mass is 35.5. The van der Waals surface area contributed by atoms with Gasteiger partial charge in [0.05, 0.1) is 5.02 Å². The molecule has 0 aliphatic rings. The molecule has 78 valence electrons. The molecule has 0 amide bonds. The average molecular weight is 230 g/mol. The molecule has 0 fully saturated rings. The zero-order valence-electron chi connectivity index (χ0n) is 8.75. The van der Waals surface area contributed by atoms with Gasteiger partial charge in [-0.3, -0.25) is 0 Å². The van der Waals surface area contributed by atoms with Crippen LogP contribution >= 0.6 is 23.4 Å². The highest BCUT2D eigenvalue weighted by Gasteiger charge is 2.06. The normalized spacial score (nSPS) is 13.3. The molecule has 3 heteroatoms. The summed E-state index contributed by atoms with van der Waals surface area (Å²) in [5, 5.41) is 1.35. The summed E-state index contributed by atoms with van der Waals surface area (Å²) in [7, 11) is 0. The van der Waals surface area contributed by atoms with Gasteiger partial charge in [0.25, 0.3) is 0 Å². The van der Waals surface area contributed by atoms with Crippen molar-refractivity contribution in [2.24, 2.45) is 5.73 Å². The minimum atomic E-state index is 0.0469. The lowest BCUT2D eigenvalue weighted by atomic mass is 10.1. The quantitative estimate of drug-likeness (QED) is 0.797. The second-order valence-corrected chi connectivity index (χ2v) is 5.67. The third-order valence-electron chi connectivity index (χ3n) is 1.84. The van der Waals surface area contributed by atoms with Crippen LogP contribution in [0.25, 0.3) is 0 Å². The summed E-state index contributed by atoms with van der Waals surface area (Å²) in [4.78, 5) is 1.13. The van der Waals surface area contributed by atoms with E-state index in [9.17, 15) is 0 Å². The number of halogens is 1. The second kappa shape index (κ2) is 5.06. The Morgan fingerprint density at radius 1 is 1.29 bits per heavy atom. The topological polar surface area (TPSA) is 26.0 Å². The molecule has 1 aromatic carbocycles. The van der Waals surface area contributed by atoms with Gasteiger partial charge in [0.15, 0.2) is 0 Å². The first kappa shape index (κ1) is 11.9. The SMILES string of the molecule is CC(C)Sc1ccc(C(C)N)cc1Cl. The van der Waals surface area contributed by atoms with Gasteiger partial charge in [-0.1, -0.05) is 31.5 Å². The maximum atomic E-state index is 6.14. The van der Waals surface area contributed by atoms with Crippen LogP contribution in [0.15, 0.2) is 23.1 Å². The van der Waals surface area contributed by atoms with E-state index in [1.807, 2.05) is 25.1 Å². The van der Waals surface area contributed by atoms with E-state index in [0.29, 0.717) is 5.25 Å². The zero-order chi connectivity index (χ0) is 10.7. The molecule has 1 aromatic rings. The number of rotatable bonds is 3. The van der Waals surface area contributed by atoms with E-state index >= 15 is 0 Å². The molecule has 14 heavy (non-hydrogen) atoms. The predicted octanol–water partition coefficient (Wildman–Crippen LogP) is 3.86. The zero-order valence-corrected chi connectivity index (χ0v) is 10.3. The maximum absolute atomic E-state index is 6.14. The lowest BCUT2D eigenvalue weighted by Crippen LogP contribution is -2.04. The fraction of sp³-hybridized carbons (Fsp3) is 0.455. The van der Waals surface area contributed by atoms with Gasteiger partial charge in [-0.15, -0.1) is 11.8 Å². The van der Waals surface area contributed by atoms with Gasteiger partial charge in [0.2, 0.25) is 0 Å². The first-order chi connectivity index (χ1) is 6.50. The molecule has 0 aliphatic heterocycles. The Kier molecular flexibility index (Phi) is 4.30. The van der Waals surface area contributed by atoms with Crippen molar-refractivity contribution in [1.29, 1.82) is 0 Å². The molecular weight excluding hydrogens is 214 g/mol. The Hall–Kier alpha value is -0.180. The van der Waals surface area contributed by atoms with Crippen LogP contribution in [0.1, 0.15) is 32.4 Å². The van der Waals surface area contributed by atoms with Crippen molar-refractivity contribution >= 4 is 23.4 Å². The van der Waals surface area contributed by atoms with Crippen molar-refractivity contribution in [3.05, 3.63) is 28.8 Å². The minimum absolute atomic E-state index is 0.0469. The lowest BCUT2D eigenvalue weighted by molar-refractivity contribution is 0.817. The summed E-state index contributed by atoms with van der Waals surface area (Å²) in [5.41, 5.74) is 6.85. The number of thioether (sulfide) groups is 1. The number of benzene rings is 1. The van der Waals surface area contributed by atoms with E-state index in [2.05, 4.69) is 13.8 Å². The van der Waals surface area contributed by atoms with Crippen LogP contribution in [-0.2, 0) is 0 Å². The van der Waals surface area contributed by atoms with Gasteiger partial charge in [-0.05, 0) is 24.6 Å². The van der Waals surface area contributed by atoms with Gasteiger partial charge in [0, 0.05) is 16.2 Å². The summed E-state index contributed by atoms with van der Waals surface area (Å²) in [6.07, 6.45) is 0. The van der Waals surface area contributed by atoms with Crippen LogP contribution in [0.2, 0.25) is 5.02 Å². The van der Waals surface area contributed by atoms with Crippen molar-refractivity contribution < 1.29 is 0 Å². The lowest BCUT2D eigenvalue weighted by Gasteiger charge is -2.10. The average Bonchev–Trinajstić information content (AvgIpc) is 2.07. The highest BCUT2D eigenvalue weighted by molar-refractivity contribution is 8.00. The number of hydrogen-bond acceptors (Lipinski definition) is 2. The van der Waals surface area contributed by atoms with Crippen LogP contribution in [0, 0.1) is 0 Å². The van der Waals surface area contributed by atoms with Crippen molar-refractivity contribution in [2.45, 2.75) is 37.0 Å². The summed E-state index contributed by atoms with van der Waals surface area (Å²) in [6.45, 7) is 6.27. The van der Waals surface area contributed by atoms with Gasteiger partial charge < -0.3 is 5.73 Å². The molecule has 0 aromatic heterocycles. The van der Waals surface area contributed by atoms with Crippen molar-refractivity contribution in [1.82, 2.24) is 0 Å². The number of hydrogen-bond donors (Lipinski definition) is 1. The molecule has 0 aliphatic carbocycles. The van der Waals surface area contributed by atoms with Crippen LogP contribution < -0.4 is 5.73 Å². The smallest absolute Gasteiger partial charge is 0.0545 e. The molecule has 2 N–H and O–H groups in total. The molecule has 1 atom stereocenters. The molecule has 0 radical (unpaired) electrons. The Bertz CT molecular complexity index is 310. The van der Waals surface area contributed by atoms with Crippen molar-refractivity contribution in [3.8, 4) is 0 Å². The van der Waals surface area contributed by atoms with Gasteiger partial charge in [0.1, 0.15) is 0 Å². The Morgan fingerprint density at radius 2 is 1.93 bits per heavy atom. The first-order valence-electron chi connectivity index (χ1n) is 4.72. The van der Waals surface area contributed by atoms with E-state index in [1.165, 1.54) is 0 Å².